The van der Waals surface area contributed by atoms with Gasteiger partial charge in [-0.1, -0.05) is 30.0 Å². The van der Waals surface area contributed by atoms with E-state index in [0.29, 0.717) is 20.5 Å². The number of amides is 1. The Morgan fingerprint density at radius 3 is 2.67 bits per heavy atom. The fraction of sp³-hybridized carbons (Fsp3) is 0.0588. The Hall–Kier alpha value is -2.51. The lowest BCUT2D eigenvalue weighted by molar-refractivity contribution is -0.113. The van der Waals surface area contributed by atoms with Gasteiger partial charge in [0.2, 0.25) is 0 Å². The van der Waals surface area contributed by atoms with E-state index in [9.17, 15) is 9.59 Å². The Balaban J connectivity index is 1.87. The number of pyridine rings is 1. The van der Waals surface area contributed by atoms with Crippen molar-refractivity contribution in [3.63, 3.8) is 0 Å². The first-order valence-electron chi connectivity index (χ1n) is 6.96. The van der Waals surface area contributed by atoms with E-state index >= 15 is 0 Å². The molecule has 0 saturated carbocycles. The highest BCUT2D eigenvalue weighted by Crippen LogP contribution is 2.35. The smallest absolute Gasteiger partial charge is 0.337 e. The van der Waals surface area contributed by atoms with Crippen LogP contribution in [0.4, 0.5) is 5.69 Å². The van der Waals surface area contributed by atoms with Crippen LogP contribution in [0.1, 0.15) is 15.9 Å². The molecule has 2 aromatic rings. The van der Waals surface area contributed by atoms with Crippen molar-refractivity contribution < 1.29 is 14.3 Å². The first-order valence-corrected chi connectivity index (χ1v) is 8.19. The standard InChI is InChI=1S/C17H12N2O3S2/c1-22-16(21)12-4-6-13(7-5-12)19-15(20)14(24-17(19)23)9-11-3-2-8-18-10-11/h2-10H,1H3/b14-9-. The molecule has 7 heteroatoms. The van der Waals surface area contributed by atoms with Crippen LogP contribution in [0.5, 0.6) is 0 Å². The Morgan fingerprint density at radius 2 is 2.04 bits per heavy atom. The van der Waals surface area contributed by atoms with Crippen LogP contribution in [0.2, 0.25) is 0 Å². The molecule has 0 bridgehead atoms. The van der Waals surface area contributed by atoms with Crippen LogP contribution >= 0.6 is 24.0 Å². The van der Waals surface area contributed by atoms with Gasteiger partial charge in [0.25, 0.3) is 5.91 Å². The van der Waals surface area contributed by atoms with Gasteiger partial charge in [-0.2, -0.15) is 0 Å². The van der Waals surface area contributed by atoms with Crippen LogP contribution in [0.25, 0.3) is 6.08 Å². The lowest BCUT2D eigenvalue weighted by Crippen LogP contribution is -2.27. The van der Waals surface area contributed by atoms with Gasteiger partial charge in [0.05, 0.1) is 23.3 Å². The SMILES string of the molecule is COC(=O)c1ccc(N2C(=O)/C(=C/c3cccnc3)SC2=S)cc1. The minimum Gasteiger partial charge on any atom is -0.465 e. The van der Waals surface area contributed by atoms with Gasteiger partial charge in [-0.3, -0.25) is 14.7 Å². The zero-order chi connectivity index (χ0) is 17.1. The molecule has 0 radical (unpaired) electrons. The maximum atomic E-state index is 12.6. The molecule has 24 heavy (non-hydrogen) atoms. The van der Waals surface area contributed by atoms with Crippen molar-refractivity contribution in [2.75, 3.05) is 12.0 Å². The van der Waals surface area contributed by atoms with Crippen LogP contribution in [-0.4, -0.2) is 28.3 Å². The molecule has 5 nitrogen and oxygen atoms in total. The second-order valence-corrected chi connectivity index (χ2v) is 6.52. The molecule has 0 spiro atoms. The fourth-order valence-electron chi connectivity index (χ4n) is 2.17. The van der Waals surface area contributed by atoms with Gasteiger partial charge < -0.3 is 4.74 Å². The molecule has 0 unspecified atom stereocenters. The number of benzene rings is 1. The average Bonchev–Trinajstić information content (AvgIpc) is 2.89. The third-order valence-electron chi connectivity index (χ3n) is 3.32. The number of carbonyl (C=O) groups excluding carboxylic acids is 2. The maximum absolute atomic E-state index is 12.6. The number of carbonyl (C=O) groups is 2. The third-order valence-corrected chi connectivity index (χ3v) is 4.62. The van der Waals surface area contributed by atoms with E-state index in [0.717, 1.165) is 5.56 Å². The third kappa shape index (κ3) is 3.22. The summed E-state index contributed by atoms with van der Waals surface area (Å²) in [6, 6.07) is 10.2. The summed E-state index contributed by atoms with van der Waals surface area (Å²) in [6.07, 6.45) is 5.11. The second-order valence-electron chi connectivity index (χ2n) is 4.84. The van der Waals surface area contributed by atoms with E-state index in [1.54, 1.807) is 48.8 Å². The predicted molar refractivity (Wildman–Crippen MR) is 97.7 cm³/mol. The summed E-state index contributed by atoms with van der Waals surface area (Å²) in [4.78, 5) is 30.1. The Bertz CT molecular complexity index is 833. The topological polar surface area (TPSA) is 59.5 Å². The van der Waals surface area contributed by atoms with Gasteiger partial charge in [-0.05, 0) is 42.0 Å². The summed E-state index contributed by atoms with van der Waals surface area (Å²) in [7, 11) is 1.32. The molecule has 0 aliphatic carbocycles. The van der Waals surface area contributed by atoms with E-state index in [4.69, 9.17) is 12.2 Å². The van der Waals surface area contributed by atoms with Gasteiger partial charge in [-0.25, -0.2) is 4.79 Å². The minimum absolute atomic E-state index is 0.195. The first kappa shape index (κ1) is 16.4. The summed E-state index contributed by atoms with van der Waals surface area (Å²) in [6.45, 7) is 0. The summed E-state index contributed by atoms with van der Waals surface area (Å²) in [5.74, 6) is -0.622. The highest BCUT2D eigenvalue weighted by Gasteiger charge is 2.33. The Kier molecular flexibility index (Phi) is 4.73. The lowest BCUT2D eigenvalue weighted by Gasteiger charge is -2.14. The quantitative estimate of drug-likeness (QED) is 0.478. The molecular formula is C17H12N2O3S2. The van der Waals surface area contributed by atoms with Gasteiger partial charge in [0.15, 0.2) is 4.32 Å². The van der Waals surface area contributed by atoms with E-state index in [2.05, 4.69) is 9.72 Å². The summed E-state index contributed by atoms with van der Waals surface area (Å²) >= 11 is 6.56. The highest BCUT2D eigenvalue weighted by atomic mass is 32.2. The average molecular weight is 356 g/mol. The summed E-state index contributed by atoms with van der Waals surface area (Å²) in [5.41, 5.74) is 1.86. The fourth-order valence-corrected chi connectivity index (χ4v) is 3.47. The first-order chi connectivity index (χ1) is 11.6. The number of methoxy groups -OCH3 is 1. The molecule has 1 aromatic heterocycles. The van der Waals surface area contributed by atoms with Crippen molar-refractivity contribution >= 4 is 51.9 Å². The molecule has 120 valence electrons. The number of aromatic nitrogens is 1. The van der Waals surface area contributed by atoms with Crippen LogP contribution < -0.4 is 4.90 Å². The number of esters is 1. The minimum atomic E-state index is -0.427. The molecule has 2 heterocycles. The van der Waals surface area contributed by atoms with Crippen LogP contribution in [0, 0.1) is 0 Å². The monoisotopic (exact) mass is 356 g/mol. The number of anilines is 1. The predicted octanol–water partition coefficient (Wildman–Crippen LogP) is 3.27. The largest absolute Gasteiger partial charge is 0.465 e. The number of hydrogen-bond acceptors (Lipinski definition) is 6. The number of hydrogen-bond donors (Lipinski definition) is 0. The molecular weight excluding hydrogens is 344 g/mol. The molecule has 1 aliphatic rings. The molecule has 0 N–H and O–H groups in total. The van der Waals surface area contributed by atoms with E-state index < -0.39 is 5.97 Å². The summed E-state index contributed by atoms with van der Waals surface area (Å²) in [5, 5.41) is 0. The zero-order valence-corrected chi connectivity index (χ0v) is 14.3. The molecule has 1 amide bonds. The zero-order valence-electron chi connectivity index (χ0n) is 12.6. The molecule has 1 fully saturated rings. The van der Waals surface area contributed by atoms with Crippen molar-refractivity contribution in [1.29, 1.82) is 0 Å². The number of rotatable bonds is 3. The Morgan fingerprint density at radius 1 is 1.29 bits per heavy atom. The maximum Gasteiger partial charge on any atom is 0.337 e. The van der Waals surface area contributed by atoms with Crippen molar-refractivity contribution in [1.82, 2.24) is 4.98 Å². The Labute approximate surface area is 148 Å². The molecule has 1 saturated heterocycles. The van der Waals surface area contributed by atoms with Crippen LogP contribution in [0.3, 0.4) is 0 Å². The van der Waals surface area contributed by atoms with Crippen LogP contribution in [-0.2, 0) is 9.53 Å². The summed E-state index contributed by atoms with van der Waals surface area (Å²) < 4.78 is 5.11. The molecule has 3 rings (SSSR count). The number of thioether (sulfide) groups is 1. The van der Waals surface area contributed by atoms with E-state index in [-0.39, 0.29) is 5.91 Å². The number of nitrogens with zero attached hydrogens (tertiary/aromatic N) is 2. The van der Waals surface area contributed by atoms with Gasteiger partial charge in [-0.15, -0.1) is 0 Å². The van der Waals surface area contributed by atoms with Gasteiger partial charge >= 0.3 is 5.97 Å². The van der Waals surface area contributed by atoms with Crippen LogP contribution in [0.15, 0.2) is 53.7 Å². The normalized spacial score (nSPS) is 15.9. The van der Waals surface area contributed by atoms with Crippen molar-refractivity contribution in [3.05, 3.63) is 64.8 Å². The molecule has 1 aromatic carbocycles. The number of ether oxygens (including phenoxy) is 1. The molecule has 0 atom stereocenters. The van der Waals surface area contributed by atoms with Crippen molar-refractivity contribution in [3.8, 4) is 0 Å². The van der Waals surface area contributed by atoms with Gasteiger partial charge in [0.1, 0.15) is 0 Å². The van der Waals surface area contributed by atoms with E-state index in [1.807, 2.05) is 6.07 Å². The van der Waals surface area contributed by atoms with E-state index in [1.165, 1.54) is 23.8 Å². The highest BCUT2D eigenvalue weighted by molar-refractivity contribution is 8.27. The van der Waals surface area contributed by atoms with Gasteiger partial charge in [0, 0.05) is 12.4 Å². The number of thiocarbonyl (C=S) groups is 1. The van der Waals surface area contributed by atoms with Crippen molar-refractivity contribution in [2.45, 2.75) is 0 Å². The molecule has 1 aliphatic heterocycles. The second kappa shape index (κ2) is 6.94. The lowest BCUT2D eigenvalue weighted by atomic mass is 10.2. The van der Waals surface area contributed by atoms with Crippen molar-refractivity contribution in [2.24, 2.45) is 0 Å².